The fraction of sp³-hybridized carbons (Fsp3) is 0.0870. The van der Waals surface area contributed by atoms with Crippen molar-refractivity contribution in [3.63, 3.8) is 0 Å². The fourth-order valence-corrected chi connectivity index (χ4v) is 3.13. The summed E-state index contributed by atoms with van der Waals surface area (Å²) in [6.07, 6.45) is -0.871. The van der Waals surface area contributed by atoms with Gasteiger partial charge in [-0.2, -0.15) is 0 Å². The number of nitrogens with zero attached hydrogens (tertiary/aromatic N) is 1. The van der Waals surface area contributed by atoms with Crippen LogP contribution in [0.3, 0.4) is 0 Å². The van der Waals surface area contributed by atoms with Gasteiger partial charge >= 0.3 is 6.09 Å². The number of hydrogen-bond acceptors (Lipinski definition) is 4. The fourth-order valence-electron chi connectivity index (χ4n) is 3.13. The maximum Gasteiger partial charge on any atom is 0.409 e. The lowest BCUT2D eigenvalue weighted by Crippen LogP contribution is -2.16. The van der Waals surface area contributed by atoms with Crippen LogP contribution in [-0.2, 0) is 0 Å². The van der Waals surface area contributed by atoms with Crippen LogP contribution in [0.1, 0.15) is 27.0 Å². The predicted molar refractivity (Wildman–Crippen MR) is 111 cm³/mol. The number of carbonyl (C=O) groups is 2. The number of carbonyl (C=O) groups excluding carboxylic acids is 2. The number of nitrogens with two attached hydrogens (primary N) is 1. The van der Waals surface area contributed by atoms with E-state index in [9.17, 15) is 9.59 Å². The molecule has 0 unspecified atom stereocenters. The summed E-state index contributed by atoms with van der Waals surface area (Å²) in [5.74, 6) is 0.969. The lowest BCUT2D eigenvalue weighted by Gasteiger charge is -2.05. The van der Waals surface area contributed by atoms with Gasteiger partial charge in [0.25, 0.3) is 0 Å². The highest BCUT2D eigenvalue weighted by Crippen LogP contribution is 2.25. The Kier molecular flexibility index (Phi) is 4.60. The number of nitrogens with one attached hydrogen (secondary N) is 1. The number of hydrogen-bond donors (Lipinski definition) is 2. The molecular weight excluding hydrogens is 366 g/mol. The Morgan fingerprint density at radius 2 is 1.62 bits per heavy atom. The van der Waals surface area contributed by atoms with Gasteiger partial charge in [0.15, 0.2) is 5.78 Å². The summed E-state index contributed by atoms with van der Waals surface area (Å²) < 4.78 is 4.88. The van der Waals surface area contributed by atoms with E-state index in [0.717, 1.165) is 22.2 Å². The average molecular weight is 385 g/mol. The number of aromatic amines is 1. The van der Waals surface area contributed by atoms with E-state index in [1.807, 2.05) is 44.2 Å². The molecule has 0 aliphatic carbocycles. The molecule has 6 nitrogen and oxygen atoms in total. The number of amides is 1. The van der Waals surface area contributed by atoms with Crippen molar-refractivity contribution in [3.05, 3.63) is 82.9 Å². The third-order valence-corrected chi connectivity index (χ3v) is 4.86. The van der Waals surface area contributed by atoms with E-state index < -0.39 is 6.09 Å². The first-order valence-corrected chi connectivity index (χ1v) is 9.10. The van der Waals surface area contributed by atoms with E-state index in [1.54, 1.807) is 30.3 Å². The maximum absolute atomic E-state index is 12.7. The number of aryl methyl sites for hydroxylation is 2. The standard InChI is InChI=1S/C23H19N3O3/c1-13-3-4-17(11-14(13)2)21(27)15-5-7-16(8-6-15)22-25-19-10-9-18(29-23(24)28)12-20(19)26-22/h3-12H,1-2H3,(H2,24,28)(H,25,26). The number of benzene rings is 3. The Morgan fingerprint density at radius 1 is 0.897 bits per heavy atom. The van der Waals surface area contributed by atoms with Crippen molar-refractivity contribution in [2.24, 2.45) is 5.73 Å². The van der Waals surface area contributed by atoms with Crippen LogP contribution in [0.5, 0.6) is 5.75 Å². The molecule has 3 aromatic carbocycles. The zero-order valence-corrected chi connectivity index (χ0v) is 16.0. The van der Waals surface area contributed by atoms with Gasteiger partial charge in [-0.25, -0.2) is 9.78 Å². The molecule has 0 saturated heterocycles. The number of ether oxygens (including phenoxy) is 1. The third kappa shape index (κ3) is 3.73. The summed E-state index contributed by atoms with van der Waals surface area (Å²) in [4.78, 5) is 31.4. The highest BCUT2D eigenvalue weighted by atomic mass is 16.5. The molecule has 29 heavy (non-hydrogen) atoms. The number of primary amides is 1. The number of ketones is 1. The Bertz CT molecular complexity index is 1240. The summed E-state index contributed by atoms with van der Waals surface area (Å²) in [5.41, 5.74) is 10.9. The molecule has 0 spiro atoms. The molecule has 0 aliphatic rings. The Morgan fingerprint density at radius 3 is 2.31 bits per heavy atom. The summed E-state index contributed by atoms with van der Waals surface area (Å²) in [6, 6.07) is 18.1. The van der Waals surface area contributed by atoms with Crippen molar-refractivity contribution in [2.75, 3.05) is 0 Å². The first kappa shape index (κ1) is 18.4. The molecule has 0 atom stereocenters. The number of imidazole rings is 1. The summed E-state index contributed by atoms with van der Waals surface area (Å²) in [5, 5.41) is 0. The zero-order valence-electron chi connectivity index (χ0n) is 16.0. The highest BCUT2D eigenvalue weighted by Gasteiger charge is 2.12. The average Bonchev–Trinajstić information content (AvgIpc) is 3.12. The second-order valence-corrected chi connectivity index (χ2v) is 6.89. The lowest BCUT2D eigenvalue weighted by molar-refractivity contribution is 0.103. The van der Waals surface area contributed by atoms with E-state index in [1.165, 1.54) is 0 Å². The second-order valence-electron chi connectivity index (χ2n) is 6.89. The molecule has 0 bridgehead atoms. The normalized spacial score (nSPS) is 10.8. The predicted octanol–water partition coefficient (Wildman–Crippen LogP) is 4.54. The molecule has 4 rings (SSSR count). The van der Waals surface area contributed by atoms with Gasteiger partial charge in [0.1, 0.15) is 11.6 Å². The van der Waals surface area contributed by atoms with Gasteiger partial charge in [-0.1, -0.05) is 36.4 Å². The topological polar surface area (TPSA) is 98.1 Å². The van der Waals surface area contributed by atoms with Crippen LogP contribution in [0, 0.1) is 13.8 Å². The zero-order chi connectivity index (χ0) is 20.5. The molecule has 1 heterocycles. The Hall–Kier alpha value is -3.93. The third-order valence-electron chi connectivity index (χ3n) is 4.86. The molecule has 1 aromatic heterocycles. The smallest absolute Gasteiger partial charge is 0.409 e. The summed E-state index contributed by atoms with van der Waals surface area (Å²) >= 11 is 0. The molecule has 0 radical (unpaired) electrons. The van der Waals surface area contributed by atoms with Crippen LogP contribution < -0.4 is 10.5 Å². The first-order chi connectivity index (χ1) is 13.9. The molecule has 0 aliphatic heterocycles. The van der Waals surface area contributed by atoms with Gasteiger partial charge in [0.05, 0.1) is 11.0 Å². The number of H-pyrrole nitrogens is 1. The molecule has 0 fully saturated rings. The van der Waals surface area contributed by atoms with Crippen molar-refractivity contribution in [1.29, 1.82) is 0 Å². The Balaban J connectivity index is 1.61. The maximum atomic E-state index is 12.7. The van der Waals surface area contributed by atoms with E-state index >= 15 is 0 Å². The van der Waals surface area contributed by atoms with Gasteiger partial charge < -0.3 is 15.5 Å². The minimum atomic E-state index is -0.871. The van der Waals surface area contributed by atoms with Crippen LogP contribution in [0.2, 0.25) is 0 Å². The highest BCUT2D eigenvalue weighted by molar-refractivity contribution is 6.09. The number of fused-ring (bicyclic) bond motifs is 1. The lowest BCUT2D eigenvalue weighted by atomic mass is 9.98. The van der Waals surface area contributed by atoms with Crippen LogP contribution in [0.4, 0.5) is 4.79 Å². The van der Waals surface area contributed by atoms with Gasteiger partial charge in [-0.05, 0) is 43.2 Å². The minimum absolute atomic E-state index is 0.0162. The van der Waals surface area contributed by atoms with E-state index in [2.05, 4.69) is 9.97 Å². The van der Waals surface area contributed by atoms with Crippen LogP contribution in [0.25, 0.3) is 22.4 Å². The largest absolute Gasteiger partial charge is 0.410 e. The van der Waals surface area contributed by atoms with Crippen molar-refractivity contribution < 1.29 is 14.3 Å². The second kappa shape index (κ2) is 7.24. The van der Waals surface area contributed by atoms with E-state index in [-0.39, 0.29) is 5.78 Å². The summed E-state index contributed by atoms with van der Waals surface area (Å²) in [7, 11) is 0. The van der Waals surface area contributed by atoms with Crippen molar-refractivity contribution in [1.82, 2.24) is 9.97 Å². The number of aromatic nitrogens is 2. The molecule has 3 N–H and O–H groups in total. The van der Waals surface area contributed by atoms with Crippen LogP contribution >= 0.6 is 0 Å². The first-order valence-electron chi connectivity index (χ1n) is 9.10. The molecule has 0 saturated carbocycles. The van der Waals surface area contributed by atoms with Gasteiger partial charge in [-0.3, -0.25) is 4.79 Å². The molecule has 6 heteroatoms. The number of rotatable bonds is 4. The van der Waals surface area contributed by atoms with Gasteiger partial charge in [0, 0.05) is 22.8 Å². The van der Waals surface area contributed by atoms with E-state index in [0.29, 0.717) is 28.2 Å². The van der Waals surface area contributed by atoms with Crippen LogP contribution in [0.15, 0.2) is 60.7 Å². The molecule has 4 aromatic rings. The van der Waals surface area contributed by atoms with Gasteiger partial charge in [0.2, 0.25) is 0 Å². The summed E-state index contributed by atoms with van der Waals surface area (Å²) in [6.45, 7) is 4.02. The van der Waals surface area contributed by atoms with Crippen molar-refractivity contribution in [2.45, 2.75) is 13.8 Å². The molecule has 1 amide bonds. The van der Waals surface area contributed by atoms with Crippen molar-refractivity contribution in [3.8, 4) is 17.1 Å². The van der Waals surface area contributed by atoms with E-state index in [4.69, 9.17) is 10.5 Å². The van der Waals surface area contributed by atoms with Gasteiger partial charge in [-0.15, -0.1) is 0 Å². The quantitative estimate of drug-likeness (QED) is 0.504. The molecular formula is C23H19N3O3. The van der Waals surface area contributed by atoms with Crippen molar-refractivity contribution >= 4 is 22.9 Å². The minimum Gasteiger partial charge on any atom is -0.410 e. The SMILES string of the molecule is Cc1ccc(C(=O)c2ccc(-c3nc4cc(OC(N)=O)ccc4[nH]3)cc2)cc1C. The Labute approximate surface area is 167 Å². The van der Waals surface area contributed by atoms with Crippen LogP contribution in [-0.4, -0.2) is 21.8 Å². The molecule has 144 valence electrons. The monoisotopic (exact) mass is 385 g/mol.